The highest BCUT2D eigenvalue weighted by Crippen LogP contribution is 2.36. The first kappa shape index (κ1) is 33.4. The van der Waals surface area contributed by atoms with Crippen LogP contribution >= 0.6 is 0 Å². The van der Waals surface area contributed by atoms with Gasteiger partial charge in [-0.3, -0.25) is 24.7 Å². The molecule has 14 nitrogen and oxygen atoms in total. The van der Waals surface area contributed by atoms with Crippen molar-refractivity contribution in [2.75, 3.05) is 18.9 Å². The molecule has 2 aromatic heterocycles. The predicted octanol–water partition coefficient (Wildman–Crippen LogP) is 2.19. The van der Waals surface area contributed by atoms with Gasteiger partial charge < -0.3 is 35.3 Å². The van der Waals surface area contributed by atoms with E-state index in [0.29, 0.717) is 12.0 Å². The number of fused-ring (bicyclic) bond motifs is 1. The van der Waals surface area contributed by atoms with Crippen molar-refractivity contribution in [2.45, 2.75) is 64.0 Å². The van der Waals surface area contributed by atoms with Gasteiger partial charge >= 0.3 is 12.1 Å². The lowest BCUT2D eigenvalue weighted by atomic mass is 9.96. The molecule has 45 heavy (non-hydrogen) atoms. The van der Waals surface area contributed by atoms with Gasteiger partial charge in [-0.1, -0.05) is 25.7 Å². The Balaban J connectivity index is 1.63. The first-order valence-corrected chi connectivity index (χ1v) is 13.8. The number of carbonyl (C=O) groups is 1. The summed E-state index contributed by atoms with van der Waals surface area (Å²) in [6, 6.07) is 4.04. The third-order valence-electron chi connectivity index (χ3n) is 7.00. The van der Waals surface area contributed by atoms with E-state index in [-0.39, 0.29) is 52.7 Å². The molecule has 242 valence electrons. The van der Waals surface area contributed by atoms with Crippen LogP contribution in [-0.4, -0.2) is 67.1 Å². The number of aliphatic hydroxyl groups is 2. The Morgan fingerprint density at radius 1 is 1.40 bits per heavy atom. The smallest absolute Gasteiger partial charge is 0.394 e. The van der Waals surface area contributed by atoms with Gasteiger partial charge in [0, 0.05) is 29.8 Å². The van der Waals surface area contributed by atoms with Gasteiger partial charge in [-0.2, -0.15) is 18.2 Å². The lowest BCUT2D eigenvalue weighted by molar-refractivity contribution is -0.386. The van der Waals surface area contributed by atoms with Crippen molar-refractivity contribution in [3.63, 3.8) is 0 Å². The van der Waals surface area contributed by atoms with E-state index in [1.807, 2.05) is 13.8 Å². The molecule has 1 amide bonds. The van der Waals surface area contributed by atoms with Crippen LogP contribution in [0.2, 0.25) is 0 Å². The maximum Gasteiger partial charge on any atom is 0.471 e. The maximum atomic E-state index is 12.9. The van der Waals surface area contributed by atoms with Crippen LogP contribution in [-0.2, 0) is 20.9 Å². The summed E-state index contributed by atoms with van der Waals surface area (Å²) in [5.41, 5.74) is 5.74. The monoisotopic (exact) mass is 636 g/mol. The summed E-state index contributed by atoms with van der Waals surface area (Å²) in [5, 5.41) is 33.5. The van der Waals surface area contributed by atoms with E-state index in [0.717, 1.165) is 6.07 Å². The summed E-state index contributed by atoms with van der Waals surface area (Å²) in [6.07, 6.45) is -6.46. The minimum absolute atomic E-state index is 0.0151. The normalized spacial score (nSPS) is 19.0. The first-order chi connectivity index (χ1) is 21.2. The number of rotatable bonds is 10. The van der Waals surface area contributed by atoms with Gasteiger partial charge in [0.15, 0.2) is 5.65 Å². The van der Waals surface area contributed by atoms with Crippen LogP contribution in [0.25, 0.3) is 11.0 Å². The van der Waals surface area contributed by atoms with Gasteiger partial charge in [0.05, 0.1) is 47.8 Å². The number of nitrogens with zero attached hydrogens (tertiary/aromatic N) is 3. The number of H-pyrrole nitrogens is 1. The number of nitrogen functional groups attached to an aromatic ring is 1. The third-order valence-corrected chi connectivity index (χ3v) is 7.00. The molecule has 0 spiro atoms. The van der Waals surface area contributed by atoms with Crippen LogP contribution < -0.4 is 16.6 Å². The number of aliphatic hydroxyl groups excluding tert-OH is 2. The lowest BCUT2D eigenvalue weighted by Gasteiger charge is -2.20. The molecule has 17 heteroatoms. The van der Waals surface area contributed by atoms with Crippen molar-refractivity contribution >= 4 is 28.6 Å². The van der Waals surface area contributed by atoms with Crippen molar-refractivity contribution in [3.8, 4) is 11.8 Å². The number of nitrogens with two attached hydrogens (primary N) is 1. The fourth-order valence-corrected chi connectivity index (χ4v) is 4.95. The number of nitrogens with one attached hydrogen (secondary N) is 2. The minimum atomic E-state index is -5.06. The zero-order chi connectivity index (χ0) is 33.1. The number of nitro benzene ring substituents is 1. The van der Waals surface area contributed by atoms with E-state index in [2.05, 4.69) is 21.8 Å². The van der Waals surface area contributed by atoms with Crippen LogP contribution in [0.1, 0.15) is 55.7 Å². The molecular weight excluding hydrogens is 605 g/mol. The number of hydrogen-bond acceptors (Lipinski definition) is 10. The Kier molecular flexibility index (Phi) is 10.1. The molecule has 1 aliphatic rings. The average Bonchev–Trinajstić information content (AvgIpc) is 3.52. The number of benzene rings is 1. The summed E-state index contributed by atoms with van der Waals surface area (Å²) >= 11 is 0. The molecular formula is C28H31F3N6O8. The Hall–Kier alpha value is -4.50. The van der Waals surface area contributed by atoms with Crippen molar-refractivity contribution in [1.29, 1.82) is 0 Å². The Labute approximate surface area is 253 Å². The molecule has 1 aliphatic heterocycles. The number of aromatic amines is 1. The van der Waals surface area contributed by atoms with Crippen LogP contribution in [0.15, 0.2) is 29.2 Å². The SMILES string of the molecule is CC(C)C[C@@H](OCc1cn([C@H]2C[C@@H](O)[C@@H](CO)O2)c2nc(N)[nH]c(=O)c12)c1ccc(C#CCNC(=O)C(F)(F)F)cc1[N+](=O)[O-]. The number of ether oxygens (including phenoxy) is 2. The van der Waals surface area contributed by atoms with E-state index in [1.165, 1.54) is 16.7 Å². The fourth-order valence-electron chi connectivity index (χ4n) is 4.95. The number of anilines is 1. The van der Waals surface area contributed by atoms with E-state index in [9.17, 15) is 43.1 Å². The number of carbonyl (C=O) groups excluding carboxylic acids is 1. The van der Waals surface area contributed by atoms with Crippen LogP contribution in [0.4, 0.5) is 24.8 Å². The second-order valence-corrected chi connectivity index (χ2v) is 10.8. The zero-order valence-electron chi connectivity index (χ0n) is 24.1. The molecule has 1 saturated heterocycles. The zero-order valence-corrected chi connectivity index (χ0v) is 24.1. The molecule has 0 radical (unpaired) electrons. The highest BCUT2D eigenvalue weighted by atomic mass is 19.4. The highest BCUT2D eigenvalue weighted by molar-refractivity contribution is 5.82. The number of aromatic nitrogens is 3. The molecule has 3 heterocycles. The van der Waals surface area contributed by atoms with Gasteiger partial charge in [0.25, 0.3) is 11.2 Å². The molecule has 0 aliphatic carbocycles. The van der Waals surface area contributed by atoms with E-state index in [1.54, 1.807) is 11.5 Å². The van der Waals surface area contributed by atoms with Crippen LogP contribution in [0.3, 0.4) is 0 Å². The van der Waals surface area contributed by atoms with E-state index >= 15 is 0 Å². The number of amides is 1. The quantitative estimate of drug-likeness (QED) is 0.124. The van der Waals surface area contributed by atoms with Gasteiger partial charge in [-0.15, -0.1) is 0 Å². The number of nitro groups is 1. The number of halogens is 3. The predicted molar refractivity (Wildman–Crippen MR) is 152 cm³/mol. The highest BCUT2D eigenvalue weighted by Gasteiger charge is 2.38. The first-order valence-electron chi connectivity index (χ1n) is 13.8. The molecule has 4 rings (SSSR count). The molecule has 4 atom stereocenters. The Morgan fingerprint density at radius 3 is 2.76 bits per heavy atom. The molecule has 6 N–H and O–H groups in total. The number of hydrogen-bond donors (Lipinski definition) is 5. The van der Waals surface area contributed by atoms with Crippen molar-refractivity contribution in [3.05, 3.63) is 61.6 Å². The molecule has 3 aromatic rings. The lowest BCUT2D eigenvalue weighted by Crippen LogP contribution is -2.36. The van der Waals surface area contributed by atoms with Gasteiger partial charge in [-0.25, -0.2) is 0 Å². The van der Waals surface area contributed by atoms with Crippen LogP contribution in [0.5, 0.6) is 0 Å². The molecule has 0 bridgehead atoms. The van der Waals surface area contributed by atoms with E-state index in [4.69, 9.17) is 15.2 Å². The molecule has 0 unspecified atom stereocenters. The van der Waals surface area contributed by atoms with Crippen molar-refractivity contribution < 1.29 is 42.6 Å². The van der Waals surface area contributed by atoms with Crippen molar-refractivity contribution in [1.82, 2.24) is 19.9 Å². The third kappa shape index (κ3) is 7.78. The van der Waals surface area contributed by atoms with Gasteiger partial charge in [0.2, 0.25) is 5.95 Å². The largest absolute Gasteiger partial charge is 0.471 e. The second-order valence-electron chi connectivity index (χ2n) is 10.8. The summed E-state index contributed by atoms with van der Waals surface area (Å²) < 4.78 is 50.5. The maximum absolute atomic E-state index is 12.9. The summed E-state index contributed by atoms with van der Waals surface area (Å²) in [7, 11) is 0. The summed E-state index contributed by atoms with van der Waals surface area (Å²) in [5.74, 6) is 2.54. The topological polar surface area (TPSA) is 208 Å². The van der Waals surface area contributed by atoms with E-state index < -0.39 is 60.3 Å². The van der Waals surface area contributed by atoms with Crippen molar-refractivity contribution in [2.24, 2.45) is 5.92 Å². The van der Waals surface area contributed by atoms with Crippen LogP contribution in [0, 0.1) is 27.9 Å². The molecule has 1 aromatic carbocycles. The van der Waals surface area contributed by atoms with Gasteiger partial charge in [0.1, 0.15) is 12.3 Å². The molecule has 0 saturated carbocycles. The molecule has 1 fully saturated rings. The standard InChI is InChI=1S/C28H31F3N6O8/c1-14(2)8-20(17-6-5-15(9-18(17)37(42)43)4-3-7-33-26(41)28(29,30)31)44-13-16-11-36(22-10-19(39)21(12-38)45-22)24-23(16)25(40)35-27(32)34-24/h5-6,9,11,14,19-22,38-39H,7-8,10,12-13H2,1-2H3,(H,33,41)(H3,32,34,35,40)/t19-,20-,21-,22-/m1/s1. The Bertz CT molecular complexity index is 1690. The van der Waals surface area contributed by atoms with Gasteiger partial charge in [-0.05, 0) is 24.5 Å². The Morgan fingerprint density at radius 2 is 2.13 bits per heavy atom. The second kappa shape index (κ2) is 13.6. The average molecular weight is 637 g/mol. The summed E-state index contributed by atoms with van der Waals surface area (Å²) in [4.78, 5) is 42.0. The summed E-state index contributed by atoms with van der Waals surface area (Å²) in [6.45, 7) is 2.55. The fraction of sp³-hybridized carbons (Fsp3) is 0.464. The minimum Gasteiger partial charge on any atom is -0.394 e. The number of alkyl halides is 3.